The molecule has 0 amide bonds. The molecule has 0 saturated heterocycles. The number of anilines is 1. The minimum atomic E-state index is 0.855. The Kier molecular flexibility index (Phi) is 4.26. The second-order valence-electron chi connectivity index (χ2n) is 7.79. The molecule has 6 rings (SSSR count). The Bertz CT molecular complexity index is 1560. The van der Waals surface area contributed by atoms with Crippen LogP contribution in [0.4, 0.5) is 5.69 Å². The normalized spacial score (nSPS) is 11.4. The molecule has 0 radical (unpaired) electrons. The van der Waals surface area contributed by atoms with Crippen molar-refractivity contribution in [3.05, 3.63) is 66.6 Å². The van der Waals surface area contributed by atoms with E-state index in [9.17, 15) is 0 Å². The highest BCUT2D eigenvalue weighted by molar-refractivity contribution is 7.13. The van der Waals surface area contributed by atoms with Crippen LogP contribution < -0.4 is 4.90 Å². The van der Waals surface area contributed by atoms with Gasteiger partial charge in [-0.2, -0.15) is 5.10 Å². The molecule has 0 aliphatic carbocycles. The molecule has 0 aliphatic heterocycles. The standard InChI is InChI=1S/C24H19N7S/c1-31(2)15-8-14(11-25-12-15)19-9-17-21(13-27-19)29-30-23(17)20-10-16-18(28-20)5-6-26-24(16)22-4-3-7-32-22/h3-13,28H,1-2H3,(H,29,30). The van der Waals surface area contributed by atoms with Crippen LogP contribution in [0.3, 0.4) is 0 Å². The van der Waals surface area contributed by atoms with Crippen LogP contribution in [0.2, 0.25) is 0 Å². The summed E-state index contributed by atoms with van der Waals surface area (Å²) >= 11 is 1.69. The van der Waals surface area contributed by atoms with Crippen LogP contribution in [0.5, 0.6) is 0 Å². The topological polar surface area (TPSA) is 86.4 Å². The van der Waals surface area contributed by atoms with Crippen molar-refractivity contribution in [2.45, 2.75) is 0 Å². The van der Waals surface area contributed by atoms with Crippen LogP contribution in [0, 0.1) is 0 Å². The van der Waals surface area contributed by atoms with Gasteiger partial charge in [-0.1, -0.05) is 6.07 Å². The molecule has 0 unspecified atom stereocenters. The van der Waals surface area contributed by atoms with E-state index in [1.54, 1.807) is 11.3 Å². The summed E-state index contributed by atoms with van der Waals surface area (Å²) in [4.78, 5) is 20.3. The predicted octanol–water partition coefficient (Wildman–Crippen LogP) is 5.36. The molecule has 7 nitrogen and oxygen atoms in total. The first-order valence-electron chi connectivity index (χ1n) is 10.2. The third-order valence-electron chi connectivity index (χ3n) is 5.54. The Labute approximate surface area is 187 Å². The summed E-state index contributed by atoms with van der Waals surface area (Å²) in [5, 5.41) is 11.9. The number of hydrogen-bond acceptors (Lipinski definition) is 6. The van der Waals surface area contributed by atoms with Crippen molar-refractivity contribution in [1.29, 1.82) is 0 Å². The summed E-state index contributed by atoms with van der Waals surface area (Å²) in [6, 6.07) is 12.4. The first kappa shape index (κ1) is 18.7. The van der Waals surface area contributed by atoms with E-state index in [0.717, 1.165) is 60.7 Å². The number of nitrogens with one attached hydrogen (secondary N) is 2. The number of hydrogen-bond donors (Lipinski definition) is 2. The number of aromatic amines is 2. The van der Waals surface area contributed by atoms with Gasteiger partial charge in [-0.3, -0.25) is 20.1 Å². The van der Waals surface area contributed by atoms with E-state index in [0.29, 0.717) is 0 Å². The van der Waals surface area contributed by atoms with Crippen LogP contribution in [-0.4, -0.2) is 44.2 Å². The third kappa shape index (κ3) is 3.04. The molecule has 8 heteroatoms. The fraction of sp³-hybridized carbons (Fsp3) is 0.0833. The summed E-state index contributed by atoms with van der Waals surface area (Å²) < 4.78 is 0. The second kappa shape index (κ2) is 7.28. The SMILES string of the molecule is CN(C)c1cncc(-c2cc3c(-c4cc5c(-c6cccs6)nccc5[nH]4)n[nH]c3cn2)c1. The fourth-order valence-electron chi connectivity index (χ4n) is 3.88. The van der Waals surface area contributed by atoms with E-state index in [-0.39, 0.29) is 0 Å². The van der Waals surface area contributed by atoms with Gasteiger partial charge >= 0.3 is 0 Å². The quantitative estimate of drug-likeness (QED) is 0.388. The molecule has 156 valence electrons. The lowest BCUT2D eigenvalue weighted by molar-refractivity contribution is 1.11. The summed E-state index contributed by atoms with van der Waals surface area (Å²) in [6.45, 7) is 0. The summed E-state index contributed by atoms with van der Waals surface area (Å²) in [6.07, 6.45) is 7.34. The van der Waals surface area contributed by atoms with Crippen molar-refractivity contribution in [2.24, 2.45) is 0 Å². The average molecular weight is 438 g/mol. The van der Waals surface area contributed by atoms with Gasteiger partial charge in [0.25, 0.3) is 0 Å². The number of pyridine rings is 3. The van der Waals surface area contributed by atoms with Gasteiger partial charge in [0, 0.05) is 48.3 Å². The minimum Gasteiger partial charge on any atom is -0.376 e. The van der Waals surface area contributed by atoms with E-state index in [2.05, 4.69) is 59.8 Å². The monoisotopic (exact) mass is 437 g/mol. The predicted molar refractivity (Wildman–Crippen MR) is 130 cm³/mol. The van der Waals surface area contributed by atoms with Gasteiger partial charge in [-0.05, 0) is 35.7 Å². The molecule has 0 bridgehead atoms. The highest BCUT2D eigenvalue weighted by Crippen LogP contribution is 2.35. The van der Waals surface area contributed by atoms with Crippen LogP contribution in [0.15, 0.2) is 66.6 Å². The van der Waals surface area contributed by atoms with E-state index in [1.165, 1.54) is 0 Å². The smallest absolute Gasteiger partial charge is 0.116 e. The van der Waals surface area contributed by atoms with Gasteiger partial charge in [-0.15, -0.1) is 11.3 Å². The molecule has 0 spiro atoms. The van der Waals surface area contributed by atoms with Crippen molar-refractivity contribution >= 4 is 38.8 Å². The van der Waals surface area contributed by atoms with Gasteiger partial charge in [0.1, 0.15) is 5.69 Å². The van der Waals surface area contributed by atoms with Crippen molar-refractivity contribution in [3.63, 3.8) is 0 Å². The number of aromatic nitrogens is 6. The fourth-order valence-corrected chi connectivity index (χ4v) is 4.62. The summed E-state index contributed by atoms with van der Waals surface area (Å²) in [7, 11) is 4.00. The van der Waals surface area contributed by atoms with Crippen molar-refractivity contribution in [2.75, 3.05) is 19.0 Å². The molecule has 32 heavy (non-hydrogen) atoms. The Morgan fingerprint density at radius 1 is 0.906 bits per heavy atom. The van der Waals surface area contributed by atoms with Crippen molar-refractivity contribution in [3.8, 4) is 33.2 Å². The minimum absolute atomic E-state index is 0.855. The van der Waals surface area contributed by atoms with Gasteiger partial charge in [0.15, 0.2) is 0 Å². The Morgan fingerprint density at radius 3 is 2.66 bits per heavy atom. The maximum absolute atomic E-state index is 4.63. The Morgan fingerprint density at radius 2 is 1.81 bits per heavy atom. The third-order valence-corrected chi connectivity index (χ3v) is 6.42. The zero-order valence-electron chi connectivity index (χ0n) is 17.5. The van der Waals surface area contributed by atoms with E-state index >= 15 is 0 Å². The Hall–Kier alpha value is -4.04. The first-order chi connectivity index (χ1) is 15.7. The number of rotatable bonds is 4. The zero-order valence-corrected chi connectivity index (χ0v) is 18.3. The molecule has 0 aliphatic rings. The molecule has 0 fully saturated rings. The van der Waals surface area contributed by atoms with E-state index in [1.807, 2.05) is 55.9 Å². The lowest BCUT2D eigenvalue weighted by Crippen LogP contribution is -2.08. The van der Waals surface area contributed by atoms with Gasteiger partial charge in [0.05, 0.1) is 45.6 Å². The average Bonchev–Trinajstić information content (AvgIpc) is 3.57. The molecular weight excluding hydrogens is 418 g/mol. The lowest BCUT2D eigenvalue weighted by atomic mass is 10.1. The highest BCUT2D eigenvalue weighted by Gasteiger charge is 2.16. The molecule has 0 saturated carbocycles. The zero-order chi connectivity index (χ0) is 21.7. The molecule has 0 atom stereocenters. The number of thiophene rings is 1. The number of H-pyrrole nitrogens is 2. The van der Waals surface area contributed by atoms with Crippen molar-refractivity contribution < 1.29 is 0 Å². The highest BCUT2D eigenvalue weighted by atomic mass is 32.1. The molecule has 6 aromatic rings. The van der Waals surface area contributed by atoms with E-state index in [4.69, 9.17) is 0 Å². The maximum atomic E-state index is 4.63. The van der Waals surface area contributed by atoms with Crippen LogP contribution in [0.25, 0.3) is 55.0 Å². The molecule has 6 heterocycles. The molecular formula is C24H19N7S. The van der Waals surface area contributed by atoms with Crippen molar-refractivity contribution in [1.82, 2.24) is 30.1 Å². The van der Waals surface area contributed by atoms with Gasteiger partial charge in [0.2, 0.25) is 0 Å². The second-order valence-corrected chi connectivity index (χ2v) is 8.74. The lowest BCUT2D eigenvalue weighted by Gasteiger charge is -2.12. The van der Waals surface area contributed by atoms with E-state index < -0.39 is 0 Å². The summed E-state index contributed by atoms with van der Waals surface area (Å²) in [5.41, 5.74) is 7.54. The number of fused-ring (bicyclic) bond motifs is 2. The maximum Gasteiger partial charge on any atom is 0.116 e. The Balaban J connectivity index is 1.49. The van der Waals surface area contributed by atoms with Crippen LogP contribution in [0.1, 0.15) is 0 Å². The largest absolute Gasteiger partial charge is 0.376 e. The molecule has 0 aromatic carbocycles. The number of nitrogens with zero attached hydrogens (tertiary/aromatic N) is 5. The van der Waals surface area contributed by atoms with Gasteiger partial charge in [-0.25, -0.2) is 0 Å². The van der Waals surface area contributed by atoms with Crippen LogP contribution in [-0.2, 0) is 0 Å². The molecule has 2 N–H and O–H groups in total. The van der Waals surface area contributed by atoms with Crippen LogP contribution >= 0.6 is 11.3 Å². The molecule has 6 aromatic heterocycles. The first-order valence-corrected chi connectivity index (χ1v) is 11.0. The van der Waals surface area contributed by atoms with Gasteiger partial charge < -0.3 is 9.88 Å². The summed E-state index contributed by atoms with van der Waals surface area (Å²) in [5.74, 6) is 0.